The molecule has 0 aromatic heterocycles. The first-order valence-electron chi connectivity index (χ1n) is 33.5. The number of carbonyl (C=O) groups is 6. The van der Waals surface area contributed by atoms with Gasteiger partial charge in [-0.1, -0.05) is 292 Å². The van der Waals surface area contributed by atoms with Gasteiger partial charge in [0.15, 0.2) is 0 Å². The molecule has 0 amide bonds. The summed E-state index contributed by atoms with van der Waals surface area (Å²) in [6.45, 7) is 8.91. The highest BCUT2D eigenvalue weighted by Gasteiger charge is 2.21. The molecule has 0 aliphatic heterocycles. The summed E-state index contributed by atoms with van der Waals surface area (Å²) in [7, 11) is 3.64. The fraction of sp³-hybridized carbons (Fsp3) is 0.233. The van der Waals surface area contributed by atoms with Gasteiger partial charge in [-0.3, -0.25) is 28.8 Å². The molecule has 0 spiro atoms. The van der Waals surface area contributed by atoms with Crippen molar-refractivity contribution < 1.29 is 53.1 Å². The van der Waals surface area contributed by atoms with Gasteiger partial charge in [0, 0.05) is 19.3 Å². The van der Waals surface area contributed by atoms with Crippen molar-refractivity contribution in [3.05, 3.63) is 301 Å². The number of aliphatic hydroxyl groups is 2. The van der Waals surface area contributed by atoms with E-state index in [4.69, 9.17) is 5.11 Å². The van der Waals surface area contributed by atoms with Crippen molar-refractivity contribution in [1.82, 2.24) is 0 Å². The number of benzene rings is 10. The monoisotopic (exact) mass is 1360 g/mol. The van der Waals surface area contributed by atoms with Crippen LogP contribution in [0.25, 0.3) is 55.6 Å². The molecule has 0 radical (unpaired) electrons. The van der Waals surface area contributed by atoms with Crippen molar-refractivity contribution in [2.45, 2.75) is 124 Å². The van der Waals surface area contributed by atoms with Crippen molar-refractivity contribution in [2.75, 3.05) is 0 Å². The lowest BCUT2D eigenvalue weighted by atomic mass is 9.97. The molecule has 99 heavy (non-hydrogen) atoms. The van der Waals surface area contributed by atoms with Gasteiger partial charge in [0.2, 0.25) is 0 Å². The molecule has 0 saturated carbocycles. The lowest BCUT2D eigenvalue weighted by Crippen LogP contribution is -2.25. The molecule has 0 bridgehead atoms. The fourth-order valence-corrected chi connectivity index (χ4v) is 10.1. The molecule has 0 heterocycles. The normalized spacial score (nSPS) is 11.1. The molecular formula is C86H94O11P2. The molecule has 5 unspecified atom stereocenters. The Bertz CT molecular complexity index is 3930. The number of rotatable bonds is 25. The van der Waals surface area contributed by atoms with Gasteiger partial charge in [0.25, 0.3) is 0 Å². The smallest absolute Gasteiger partial charge is 0.315 e. The topological polar surface area (TPSA) is 182 Å². The minimum absolute atomic E-state index is 0.102. The number of carboxylic acid groups (broad SMARTS) is 1. The van der Waals surface area contributed by atoms with Crippen LogP contribution in [0.2, 0.25) is 0 Å². The zero-order valence-electron chi connectivity index (χ0n) is 57.5. The van der Waals surface area contributed by atoms with Gasteiger partial charge in [0.1, 0.15) is 30.2 Å². The zero-order valence-corrected chi connectivity index (χ0v) is 59.8. The number of hydrogen-bond donors (Lipinski definition) is 3. The maximum Gasteiger partial charge on any atom is 0.315 e. The maximum atomic E-state index is 11.6. The van der Waals surface area contributed by atoms with Crippen LogP contribution in [0.3, 0.4) is 0 Å². The van der Waals surface area contributed by atoms with Crippen molar-refractivity contribution in [3.8, 4) is 55.6 Å². The molecule has 0 aliphatic rings. The van der Waals surface area contributed by atoms with Gasteiger partial charge < -0.3 is 24.4 Å². The predicted molar refractivity (Wildman–Crippen MR) is 408 cm³/mol. The highest BCUT2D eigenvalue weighted by molar-refractivity contribution is 7.11. The zero-order chi connectivity index (χ0) is 71.6. The van der Waals surface area contributed by atoms with E-state index in [0.29, 0.717) is 44.3 Å². The van der Waals surface area contributed by atoms with E-state index in [2.05, 4.69) is 186 Å². The number of aryl methyl sites for hydroxylation is 5. The van der Waals surface area contributed by atoms with Crippen molar-refractivity contribution >= 4 is 54.2 Å². The third kappa shape index (κ3) is 31.6. The summed E-state index contributed by atoms with van der Waals surface area (Å²) in [5.74, 6) is -2.66. The second-order valence-corrected chi connectivity index (χ2v) is 24.3. The third-order valence-electron chi connectivity index (χ3n) is 16.1. The van der Waals surface area contributed by atoms with Crippen LogP contribution in [0, 0.1) is 12.8 Å². The number of ketones is 3. The number of carboxylic acids is 1. The van der Waals surface area contributed by atoms with Crippen LogP contribution >= 0.6 is 18.9 Å². The van der Waals surface area contributed by atoms with Crippen LogP contribution in [0.15, 0.2) is 273 Å². The highest BCUT2D eigenvalue weighted by atomic mass is 31.0. The first-order valence-corrected chi connectivity index (χ1v) is 34.4. The van der Waals surface area contributed by atoms with Crippen LogP contribution in [-0.2, 0) is 63.5 Å². The summed E-state index contributed by atoms with van der Waals surface area (Å²) in [5, 5.41) is 28.2. The van der Waals surface area contributed by atoms with Crippen LogP contribution in [0.4, 0.5) is 0 Å². The second-order valence-electron chi connectivity index (χ2n) is 23.8. The number of hydrogen-bond acceptors (Lipinski definition) is 10. The minimum atomic E-state index is -0.957. The van der Waals surface area contributed by atoms with Gasteiger partial charge in [-0.25, -0.2) is 0 Å². The lowest BCUT2D eigenvalue weighted by Gasteiger charge is -2.14. The molecule has 13 heteroatoms. The molecule has 10 aromatic carbocycles. The molecule has 0 saturated heterocycles. The number of aliphatic carboxylic acids is 1. The lowest BCUT2D eigenvalue weighted by molar-refractivity contribution is -0.145. The standard InChI is InChI=1S/C18H20O3.C17H17O3P.C17H20O.C17H18O.C13H12.C4H7O3P/c1-13(18(20)21)17(19)12-9-14-7-10-16(11-8-14)15-5-3-2-4-6-15;18-16(12-17(19)20-21)11-8-13-6-9-15(10-7-13)14-4-2-1-3-5-14;2*1-2-17(18)13-10-14-8-11-16(12-9-14)15-6-4-3-5-7-15;1-11-7-9-13(10-8-11)12-5-3-2-4-6-12;1-3(5)2-4(6)7-8/h2-8,10-11,13,17,19H,9,12H2,1H3,(H,20,21);1-7,9-10H,8,11-12,21H2;3-9,11-12,17-18H,2,10,13H2,1H3;3-9,11-12H,2,10,13H2,1H3;2-10H,1H3;2,8H2,1H3. The van der Waals surface area contributed by atoms with Gasteiger partial charge in [-0.05, 0) is 144 Å². The Morgan fingerprint density at radius 1 is 0.374 bits per heavy atom. The van der Waals surface area contributed by atoms with E-state index in [1.54, 1.807) is 9.47 Å². The van der Waals surface area contributed by atoms with E-state index in [0.717, 1.165) is 47.9 Å². The summed E-state index contributed by atoms with van der Waals surface area (Å²) in [6.07, 6.45) is 5.62. The van der Waals surface area contributed by atoms with Crippen molar-refractivity contribution in [1.29, 1.82) is 0 Å². The molecule has 3 N–H and O–H groups in total. The van der Waals surface area contributed by atoms with E-state index >= 15 is 0 Å². The molecule has 0 aliphatic carbocycles. The Morgan fingerprint density at radius 2 is 0.646 bits per heavy atom. The molecule has 0 fully saturated rings. The Kier molecular flexibility index (Phi) is 37.1. The summed E-state index contributed by atoms with van der Waals surface area (Å²) in [6, 6.07) is 93.4. The third-order valence-corrected chi connectivity index (χ3v) is 16.6. The summed E-state index contributed by atoms with van der Waals surface area (Å²) in [4.78, 5) is 64.9. The Balaban J connectivity index is 0.000000219. The summed E-state index contributed by atoms with van der Waals surface area (Å²) in [5.41, 5.74) is 18.2. The van der Waals surface area contributed by atoms with Crippen LogP contribution < -0.4 is 0 Å². The average molecular weight is 1370 g/mol. The largest absolute Gasteiger partial charge is 0.481 e. The predicted octanol–water partition coefficient (Wildman–Crippen LogP) is 19.2. The van der Waals surface area contributed by atoms with Crippen LogP contribution in [0.5, 0.6) is 0 Å². The van der Waals surface area contributed by atoms with Crippen LogP contribution in [-0.4, -0.2) is 62.8 Å². The first-order chi connectivity index (χ1) is 47.9. The maximum absolute atomic E-state index is 11.6. The van der Waals surface area contributed by atoms with E-state index in [-0.39, 0.29) is 30.5 Å². The van der Waals surface area contributed by atoms with Gasteiger partial charge in [-0.2, -0.15) is 0 Å². The fourth-order valence-electron chi connectivity index (χ4n) is 9.90. The molecule has 10 rings (SSSR count). The molecule has 514 valence electrons. The van der Waals surface area contributed by atoms with Crippen molar-refractivity contribution in [2.24, 2.45) is 5.92 Å². The van der Waals surface area contributed by atoms with E-state index < -0.39 is 29.9 Å². The van der Waals surface area contributed by atoms with E-state index in [1.165, 1.54) is 75.0 Å². The quantitative estimate of drug-likeness (QED) is 0.0366. The van der Waals surface area contributed by atoms with E-state index in [9.17, 15) is 39.0 Å². The first kappa shape index (κ1) is 80.1. The number of carbonyl (C=O) groups excluding carboxylic acids is 5. The molecule has 5 atom stereocenters. The average Bonchev–Trinajstić information content (AvgIpc) is 1.23. The molecule has 10 aromatic rings. The van der Waals surface area contributed by atoms with Crippen molar-refractivity contribution in [3.63, 3.8) is 0 Å². The summed E-state index contributed by atoms with van der Waals surface area (Å²) >= 11 is 0. The Labute approximate surface area is 590 Å². The van der Waals surface area contributed by atoms with Crippen LogP contribution in [0.1, 0.15) is 107 Å². The van der Waals surface area contributed by atoms with E-state index in [1.807, 2.05) is 126 Å². The number of aliphatic hydroxyl groups excluding tert-OH is 2. The number of Topliss-reactive ketones (excluding diaryl/α,β-unsaturated/α-hetero) is 3. The van der Waals surface area contributed by atoms with Gasteiger partial charge in [0.05, 0.1) is 37.1 Å². The van der Waals surface area contributed by atoms with Gasteiger partial charge >= 0.3 is 17.9 Å². The van der Waals surface area contributed by atoms with Gasteiger partial charge in [-0.15, -0.1) is 0 Å². The summed E-state index contributed by atoms with van der Waals surface area (Å²) < 4.78 is 8.51. The molecule has 11 nitrogen and oxygen atoms in total. The Morgan fingerprint density at radius 3 is 0.919 bits per heavy atom. The highest BCUT2D eigenvalue weighted by Crippen LogP contribution is 2.25. The second kappa shape index (κ2) is 45.8. The molecular weight excluding hydrogens is 1270 g/mol. The minimum Gasteiger partial charge on any atom is -0.481 e. The Hall–Kier alpha value is -9.60. The SMILES string of the molecule is CC(=O)CC(=O)OP.CC(C(=O)O)C(O)CCc1ccc(-c2ccccc2)cc1.CCC(=O)CCc1ccc(-c2ccccc2)cc1.CCC(O)CCc1ccc(-c2ccccc2)cc1.Cc1ccc(-c2ccccc2)cc1.O=C(CCc1ccc(-c2ccccc2)cc1)CC(=O)OP.